The van der Waals surface area contributed by atoms with Gasteiger partial charge in [-0.25, -0.2) is 0 Å². The number of esters is 1. The van der Waals surface area contributed by atoms with E-state index in [4.69, 9.17) is 4.74 Å². The predicted molar refractivity (Wildman–Crippen MR) is 148 cm³/mol. The van der Waals surface area contributed by atoms with Gasteiger partial charge in [0.15, 0.2) is 0 Å². The number of amides is 2. The van der Waals surface area contributed by atoms with E-state index in [9.17, 15) is 19.5 Å². The van der Waals surface area contributed by atoms with Gasteiger partial charge in [-0.3, -0.25) is 14.4 Å². The number of rotatable bonds is 5. The molecule has 0 aliphatic carbocycles. The minimum absolute atomic E-state index is 0.184. The highest BCUT2D eigenvalue weighted by Crippen LogP contribution is 2.66. The van der Waals surface area contributed by atoms with E-state index < -0.39 is 39.4 Å². The summed E-state index contributed by atoms with van der Waals surface area (Å²) in [6.07, 6.45) is 8.59. The van der Waals surface area contributed by atoms with Gasteiger partial charge in [-0.15, -0.1) is 11.8 Å². The lowest BCUT2D eigenvalue weighted by Gasteiger charge is -2.40. The first-order valence-corrected chi connectivity index (χ1v) is 14.2. The molecular formula is C31H32N2O5S. The molecule has 0 aromatic heterocycles. The maximum atomic E-state index is 14.6. The van der Waals surface area contributed by atoms with Gasteiger partial charge in [0.1, 0.15) is 6.04 Å². The Balaban J connectivity index is 1.50. The molecule has 6 rings (SSSR count). The summed E-state index contributed by atoms with van der Waals surface area (Å²) >= 11 is 1.52. The molecule has 2 amide bonds. The average molecular weight is 545 g/mol. The van der Waals surface area contributed by atoms with Crippen LogP contribution < -0.4 is 0 Å². The summed E-state index contributed by atoms with van der Waals surface area (Å²) in [6, 6.07) is 17.5. The molecular weight excluding hydrogens is 512 g/mol. The van der Waals surface area contributed by atoms with E-state index in [1.54, 1.807) is 9.80 Å². The molecule has 2 aromatic carbocycles. The second kappa shape index (κ2) is 9.99. The number of thioether (sulfide) groups is 1. The standard InChI is InChI=1S/C31H32N2O5S/c1-30-15-8-9-18-38-29(37)25(30)24-27(35)33(23(20-34)22-13-6-3-7-14-22)26-28(36)32(17-10-16-31(24,26)39-30)19-21-11-4-2-5-12-21/h2-8,10-16,23-26,34H,9,17-20H2,1H3/t23-,24+,25+,26?,30-,31+/m1/s1. The first-order chi connectivity index (χ1) is 18.9. The third-order valence-corrected chi connectivity index (χ3v) is 10.2. The second-order valence-corrected chi connectivity index (χ2v) is 12.6. The molecule has 4 heterocycles. The Morgan fingerprint density at radius 2 is 1.69 bits per heavy atom. The van der Waals surface area contributed by atoms with Gasteiger partial charge < -0.3 is 19.6 Å². The van der Waals surface area contributed by atoms with Crippen molar-refractivity contribution in [2.45, 2.75) is 41.5 Å². The molecule has 39 heavy (non-hydrogen) atoms. The van der Waals surface area contributed by atoms with Gasteiger partial charge in [-0.05, 0) is 24.5 Å². The molecule has 2 saturated heterocycles. The number of ether oxygens (including phenoxy) is 1. The molecule has 1 spiro atoms. The van der Waals surface area contributed by atoms with Crippen LogP contribution in [0.2, 0.25) is 0 Å². The highest BCUT2D eigenvalue weighted by molar-refractivity contribution is 8.02. The molecule has 4 aliphatic heterocycles. The first-order valence-electron chi connectivity index (χ1n) is 13.4. The topological polar surface area (TPSA) is 87.1 Å². The van der Waals surface area contributed by atoms with Crippen LogP contribution in [-0.4, -0.2) is 68.0 Å². The number of hydrogen-bond acceptors (Lipinski definition) is 6. The lowest BCUT2D eigenvalue weighted by atomic mass is 9.74. The number of carbonyl (C=O) groups is 3. The first kappa shape index (κ1) is 25.9. The molecule has 7 nitrogen and oxygen atoms in total. The van der Waals surface area contributed by atoms with Gasteiger partial charge in [-0.1, -0.05) is 85.0 Å². The smallest absolute Gasteiger partial charge is 0.311 e. The van der Waals surface area contributed by atoms with Crippen LogP contribution in [0.1, 0.15) is 30.5 Å². The van der Waals surface area contributed by atoms with Crippen LogP contribution in [0, 0.1) is 11.8 Å². The minimum Gasteiger partial charge on any atom is -0.465 e. The fourth-order valence-electron chi connectivity index (χ4n) is 6.79. The average Bonchev–Trinajstić information content (AvgIpc) is 3.26. The van der Waals surface area contributed by atoms with Gasteiger partial charge in [0.2, 0.25) is 11.8 Å². The Labute approximate surface area is 232 Å². The summed E-state index contributed by atoms with van der Waals surface area (Å²) in [4.78, 5) is 45.9. The van der Waals surface area contributed by atoms with E-state index in [-0.39, 0.29) is 25.0 Å². The number of cyclic esters (lactones) is 1. The highest BCUT2D eigenvalue weighted by atomic mass is 32.2. The molecule has 6 atom stereocenters. The Morgan fingerprint density at radius 1 is 0.974 bits per heavy atom. The Morgan fingerprint density at radius 3 is 2.41 bits per heavy atom. The Kier molecular flexibility index (Phi) is 6.63. The van der Waals surface area contributed by atoms with Gasteiger partial charge in [0, 0.05) is 17.8 Å². The van der Waals surface area contributed by atoms with E-state index in [1.165, 1.54) is 11.8 Å². The van der Waals surface area contributed by atoms with Crippen molar-refractivity contribution >= 4 is 29.5 Å². The largest absolute Gasteiger partial charge is 0.465 e. The van der Waals surface area contributed by atoms with Gasteiger partial charge in [-0.2, -0.15) is 0 Å². The molecule has 2 fully saturated rings. The van der Waals surface area contributed by atoms with Crippen molar-refractivity contribution in [3.63, 3.8) is 0 Å². The zero-order valence-electron chi connectivity index (χ0n) is 21.8. The van der Waals surface area contributed by atoms with Crippen LogP contribution in [0.15, 0.2) is 85.0 Å². The lowest BCUT2D eigenvalue weighted by molar-refractivity contribution is -0.154. The van der Waals surface area contributed by atoms with Gasteiger partial charge >= 0.3 is 5.97 Å². The minimum atomic E-state index is -0.991. The van der Waals surface area contributed by atoms with Crippen molar-refractivity contribution in [3.8, 4) is 0 Å². The molecule has 4 aliphatic rings. The van der Waals surface area contributed by atoms with Crippen molar-refractivity contribution < 1.29 is 24.2 Å². The van der Waals surface area contributed by atoms with Crippen LogP contribution >= 0.6 is 11.8 Å². The predicted octanol–water partition coefficient (Wildman–Crippen LogP) is 3.51. The van der Waals surface area contributed by atoms with Crippen LogP contribution in [0.3, 0.4) is 0 Å². The summed E-state index contributed by atoms with van der Waals surface area (Å²) in [5, 5.41) is 10.6. The zero-order chi connectivity index (χ0) is 27.2. The fourth-order valence-corrected chi connectivity index (χ4v) is 8.92. The number of carbonyl (C=O) groups excluding carboxylic acids is 3. The van der Waals surface area contributed by atoms with E-state index in [2.05, 4.69) is 0 Å². The van der Waals surface area contributed by atoms with Crippen molar-refractivity contribution in [1.29, 1.82) is 0 Å². The van der Waals surface area contributed by atoms with Crippen molar-refractivity contribution in [2.75, 3.05) is 19.8 Å². The summed E-state index contributed by atoms with van der Waals surface area (Å²) < 4.78 is 3.91. The van der Waals surface area contributed by atoms with Crippen molar-refractivity contribution in [3.05, 3.63) is 96.1 Å². The number of likely N-dealkylation sites (tertiary alicyclic amines) is 1. The van der Waals surface area contributed by atoms with E-state index in [1.807, 2.05) is 91.9 Å². The summed E-state index contributed by atoms with van der Waals surface area (Å²) in [6.45, 7) is 2.67. The molecule has 2 aromatic rings. The number of nitrogens with zero attached hydrogens (tertiary/aromatic N) is 2. The molecule has 0 radical (unpaired) electrons. The molecule has 1 unspecified atom stereocenters. The van der Waals surface area contributed by atoms with Crippen LogP contribution in [0.4, 0.5) is 0 Å². The third kappa shape index (κ3) is 4.12. The van der Waals surface area contributed by atoms with Crippen LogP contribution in [-0.2, 0) is 25.7 Å². The van der Waals surface area contributed by atoms with E-state index >= 15 is 0 Å². The van der Waals surface area contributed by atoms with Crippen LogP contribution in [0.5, 0.6) is 0 Å². The van der Waals surface area contributed by atoms with Crippen molar-refractivity contribution in [1.82, 2.24) is 9.80 Å². The fraction of sp³-hybridized carbons (Fsp3) is 0.387. The summed E-state index contributed by atoms with van der Waals surface area (Å²) in [5.74, 6) is -2.45. The molecule has 0 saturated carbocycles. The van der Waals surface area contributed by atoms with Crippen LogP contribution in [0.25, 0.3) is 0 Å². The molecule has 202 valence electrons. The van der Waals surface area contributed by atoms with Crippen molar-refractivity contribution in [2.24, 2.45) is 11.8 Å². The number of hydrogen-bond donors (Lipinski definition) is 1. The maximum Gasteiger partial charge on any atom is 0.311 e. The zero-order valence-corrected chi connectivity index (χ0v) is 22.6. The summed E-state index contributed by atoms with van der Waals surface area (Å²) in [7, 11) is 0. The number of aliphatic hydroxyl groups is 1. The number of fused-ring (bicyclic) bond motifs is 2. The normalized spacial score (nSPS) is 32.6. The van der Waals surface area contributed by atoms with Gasteiger partial charge in [0.05, 0.1) is 35.8 Å². The third-order valence-electron chi connectivity index (χ3n) is 8.45. The molecule has 1 N–H and O–H groups in total. The van der Waals surface area contributed by atoms with E-state index in [0.29, 0.717) is 19.5 Å². The monoisotopic (exact) mass is 544 g/mol. The highest BCUT2D eigenvalue weighted by Gasteiger charge is 2.74. The van der Waals surface area contributed by atoms with E-state index in [0.717, 1.165) is 11.1 Å². The molecule has 0 bridgehead atoms. The molecule has 8 heteroatoms. The Hall–Kier alpha value is -3.36. The SMILES string of the molecule is C[C@@]12C=CCCOC(=O)[C@@H]1[C@H]1C(=O)N([C@H](CO)c3ccccc3)C3C(=O)N(Cc4ccccc4)CC=C[C@@]31S2. The second-order valence-electron chi connectivity index (χ2n) is 10.8. The number of benzene rings is 2. The maximum absolute atomic E-state index is 14.6. The lowest BCUT2D eigenvalue weighted by Crippen LogP contribution is -2.54. The number of aliphatic hydroxyl groups excluding tert-OH is 1. The van der Waals surface area contributed by atoms with Gasteiger partial charge in [0.25, 0.3) is 0 Å². The Bertz CT molecular complexity index is 1330. The summed E-state index contributed by atoms with van der Waals surface area (Å²) in [5.41, 5.74) is 1.73. The quantitative estimate of drug-likeness (QED) is 0.458.